The third-order valence-electron chi connectivity index (χ3n) is 8.05. The maximum atomic E-state index is 5.12. The summed E-state index contributed by atoms with van der Waals surface area (Å²) in [5.74, 6) is 1.83. The van der Waals surface area contributed by atoms with E-state index in [1.54, 1.807) is 17.7 Å². The summed E-state index contributed by atoms with van der Waals surface area (Å²) < 4.78 is 3.31. The predicted molar refractivity (Wildman–Crippen MR) is 179 cm³/mol. The van der Waals surface area contributed by atoms with Gasteiger partial charge in [-0.2, -0.15) is 9.97 Å². The molecular weight excluding hydrogens is 561 g/mol. The molecule has 0 aliphatic heterocycles. The highest BCUT2D eigenvalue weighted by Crippen LogP contribution is 2.39. The Kier molecular flexibility index (Phi) is 5.57. The van der Waals surface area contributed by atoms with Crippen LogP contribution in [0.25, 0.3) is 82.0 Å². The number of nitrogens with zero attached hydrogens (tertiary/aromatic N) is 6. The fraction of sp³-hybridized carbons (Fsp3) is 0. The molecule has 4 aromatic heterocycles. The number of benzene rings is 5. The lowest BCUT2D eigenvalue weighted by Crippen LogP contribution is -2.06. The third-order valence-corrected chi connectivity index (χ3v) is 9.13. The zero-order valence-electron chi connectivity index (χ0n) is 23.3. The molecule has 7 heteroatoms. The topological polar surface area (TPSA) is 69.4 Å². The van der Waals surface area contributed by atoms with E-state index >= 15 is 0 Å². The van der Waals surface area contributed by atoms with Crippen LogP contribution >= 0.6 is 11.3 Å². The summed E-state index contributed by atoms with van der Waals surface area (Å²) in [6.07, 6.45) is 3.51. The predicted octanol–water partition coefficient (Wildman–Crippen LogP) is 9.13. The fourth-order valence-electron chi connectivity index (χ4n) is 5.95. The summed E-state index contributed by atoms with van der Waals surface area (Å²) in [6, 6.07) is 41.8. The van der Waals surface area contributed by atoms with E-state index in [0.29, 0.717) is 17.6 Å². The average Bonchev–Trinajstić information content (AvgIpc) is 3.62. The zero-order valence-corrected chi connectivity index (χ0v) is 24.1. The van der Waals surface area contributed by atoms with E-state index in [2.05, 4.69) is 99.5 Å². The highest BCUT2D eigenvalue weighted by atomic mass is 32.1. The van der Waals surface area contributed by atoms with Crippen molar-refractivity contribution in [3.8, 4) is 39.9 Å². The van der Waals surface area contributed by atoms with Gasteiger partial charge in [0.25, 0.3) is 0 Å². The number of rotatable bonds is 4. The maximum absolute atomic E-state index is 5.12. The van der Waals surface area contributed by atoms with Gasteiger partial charge in [-0.05, 0) is 29.3 Å². The monoisotopic (exact) mass is 582 g/mol. The molecule has 0 saturated heterocycles. The second kappa shape index (κ2) is 9.90. The molecule has 0 fully saturated rings. The number of hydrogen-bond donors (Lipinski definition) is 0. The molecule has 9 rings (SSSR count). The number of aromatic nitrogens is 6. The lowest BCUT2D eigenvalue weighted by Gasteiger charge is -2.11. The van der Waals surface area contributed by atoms with Crippen LogP contribution in [-0.2, 0) is 0 Å². The summed E-state index contributed by atoms with van der Waals surface area (Å²) >= 11 is 1.67. The Morgan fingerprint density at radius 2 is 1.14 bits per heavy atom. The highest BCUT2D eigenvalue weighted by Gasteiger charge is 2.19. The van der Waals surface area contributed by atoms with E-state index in [1.165, 1.54) is 5.56 Å². The fourth-order valence-corrected chi connectivity index (χ4v) is 6.98. The summed E-state index contributed by atoms with van der Waals surface area (Å²) in [7, 11) is 0. The SMILES string of the molecule is c1ccc(-c2ccc(-c3nc(-c4ccccc4)nc(-n4c5ccccc5c5cc6c(cc54)sc4ncncc46)n3)cc2)cc1. The first-order valence-corrected chi connectivity index (χ1v) is 15.1. The van der Waals surface area contributed by atoms with Crippen molar-refractivity contribution in [3.05, 3.63) is 134 Å². The van der Waals surface area contributed by atoms with Gasteiger partial charge in [0.15, 0.2) is 11.6 Å². The van der Waals surface area contributed by atoms with E-state index in [1.807, 2.05) is 42.6 Å². The lowest BCUT2D eigenvalue weighted by atomic mass is 10.0. The first-order valence-electron chi connectivity index (χ1n) is 14.3. The van der Waals surface area contributed by atoms with Gasteiger partial charge >= 0.3 is 0 Å². The summed E-state index contributed by atoms with van der Waals surface area (Å²) in [6.45, 7) is 0. The van der Waals surface area contributed by atoms with Crippen LogP contribution in [0.4, 0.5) is 0 Å². The van der Waals surface area contributed by atoms with Gasteiger partial charge in [0.1, 0.15) is 11.2 Å². The standard InChI is InChI=1S/C37H22N6S/c1-3-9-23(10-4-1)24-15-17-26(18-16-24)35-40-34(25-11-5-2-6-12-25)41-37(42-35)43-31-14-8-7-13-27(31)28-19-29-30-21-38-22-39-36(30)44-33(29)20-32(28)43/h1-22H. The molecule has 4 heterocycles. The first kappa shape index (κ1) is 24.8. The molecule has 0 unspecified atom stereocenters. The van der Waals surface area contributed by atoms with Gasteiger partial charge in [-0.1, -0.05) is 103 Å². The number of para-hydroxylation sites is 1. The molecule has 9 aromatic rings. The van der Waals surface area contributed by atoms with Crippen molar-refractivity contribution >= 4 is 53.4 Å². The zero-order chi connectivity index (χ0) is 29.0. The number of hydrogen-bond acceptors (Lipinski definition) is 6. The smallest absolute Gasteiger partial charge is 0.238 e. The van der Waals surface area contributed by atoms with Crippen molar-refractivity contribution in [1.82, 2.24) is 29.5 Å². The van der Waals surface area contributed by atoms with Crippen LogP contribution in [0.5, 0.6) is 0 Å². The van der Waals surface area contributed by atoms with Crippen LogP contribution < -0.4 is 0 Å². The number of thiophene rings is 1. The van der Waals surface area contributed by atoms with Crippen LogP contribution in [0, 0.1) is 0 Å². The molecular formula is C37H22N6S. The van der Waals surface area contributed by atoms with E-state index in [0.717, 1.165) is 58.8 Å². The second-order valence-corrected chi connectivity index (χ2v) is 11.7. The molecule has 206 valence electrons. The molecule has 0 atom stereocenters. The minimum atomic E-state index is 0.576. The second-order valence-electron chi connectivity index (χ2n) is 10.7. The van der Waals surface area contributed by atoms with E-state index in [9.17, 15) is 0 Å². The van der Waals surface area contributed by atoms with Gasteiger partial charge in [-0.25, -0.2) is 15.0 Å². The molecule has 5 aromatic carbocycles. The molecule has 0 radical (unpaired) electrons. The average molecular weight is 583 g/mol. The van der Waals surface area contributed by atoms with Gasteiger partial charge in [0.05, 0.1) is 11.0 Å². The highest BCUT2D eigenvalue weighted by molar-refractivity contribution is 7.25. The van der Waals surface area contributed by atoms with Gasteiger partial charge in [-0.3, -0.25) is 4.57 Å². The molecule has 0 saturated carbocycles. The summed E-state index contributed by atoms with van der Waals surface area (Å²) in [5.41, 5.74) is 6.25. The van der Waals surface area contributed by atoms with Crippen LogP contribution in [0.2, 0.25) is 0 Å². The molecule has 0 spiro atoms. The quantitative estimate of drug-likeness (QED) is 0.207. The Labute approximate surface area is 256 Å². The van der Waals surface area contributed by atoms with Crippen LogP contribution in [0.3, 0.4) is 0 Å². The van der Waals surface area contributed by atoms with E-state index < -0.39 is 0 Å². The van der Waals surface area contributed by atoms with Crippen molar-refractivity contribution in [1.29, 1.82) is 0 Å². The molecule has 0 aliphatic rings. The minimum Gasteiger partial charge on any atom is -0.278 e. The van der Waals surface area contributed by atoms with Crippen molar-refractivity contribution in [2.24, 2.45) is 0 Å². The van der Waals surface area contributed by atoms with Gasteiger partial charge in [0.2, 0.25) is 5.95 Å². The first-order chi connectivity index (χ1) is 21.8. The largest absolute Gasteiger partial charge is 0.278 e. The molecule has 0 bridgehead atoms. The van der Waals surface area contributed by atoms with Crippen molar-refractivity contribution in [2.75, 3.05) is 0 Å². The normalized spacial score (nSPS) is 11.6. The van der Waals surface area contributed by atoms with Gasteiger partial charge < -0.3 is 0 Å². The summed E-state index contributed by atoms with van der Waals surface area (Å²) in [4.78, 5) is 25.0. The van der Waals surface area contributed by atoms with Crippen molar-refractivity contribution < 1.29 is 0 Å². The van der Waals surface area contributed by atoms with Crippen molar-refractivity contribution in [2.45, 2.75) is 0 Å². The molecule has 6 nitrogen and oxygen atoms in total. The Bertz CT molecular complexity index is 2480. The van der Waals surface area contributed by atoms with Crippen LogP contribution in [0.1, 0.15) is 0 Å². The molecule has 0 N–H and O–H groups in total. The number of fused-ring (bicyclic) bond motifs is 6. The van der Waals surface area contributed by atoms with Crippen LogP contribution in [0.15, 0.2) is 134 Å². The van der Waals surface area contributed by atoms with E-state index in [-0.39, 0.29) is 0 Å². The maximum Gasteiger partial charge on any atom is 0.238 e. The lowest BCUT2D eigenvalue weighted by molar-refractivity contribution is 0.954. The minimum absolute atomic E-state index is 0.576. The van der Waals surface area contributed by atoms with Crippen molar-refractivity contribution in [3.63, 3.8) is 0 Å². The Morgan fingerprint density at radius 1 is 0.500 bits per heavy atom. The molecule has 0 amide bonds. The third kappa shape index (κ3) is 3.98. The molecule has 44 heavy (non-hydrogen) atoms. The van der Waals surface area contributed by atoms with Gasteiger partial charge in [0, 0.05) is 43.6 Å². The molecule has 0 aliphatic carbocycles. The van der Waals surface area contributed by atoms with Gasteiger partial charge in [-0.15, -0.1) is 11.3 Å². The van der Waals surface area contributed by atoms with E-state index in [4.69, 9.17) is 15.0 Å². The Balaban J connectivity index is 1.30. The summed E-state index contributed by atoms with van der Waals surface area (Å²) in [5, 5.41) is 4.49. The Morgan fingerprint density at radius 3 is 1.91 bits per heavy atom. The Hall–Kier alpha value is -5.79. The van der Waals surface area contributed by atoms with Crippen LogP contribution in [-0.4, -0.2) is 29.5 Å².